The Labute approximate surface area is 166 Å². The second-order valence-corrected chi connectivity index (χ2v) is 8.55. The molecule has 2 aromatic heterocycles. The number of aryl methyl sites for hydroxylation is 1. The van der Waals surface area contributed by atoms with E-state index in [0.29, 0.717) is 28.2 Å². The number of fused-ring (bicyclic) bond motifs is 1. The second kappa shape index (κ2) is 8.88. The first-order valence-electron chi connectivity index (χ1n) is 9.11. The van der Waals surface area contributed by atoms with Crippen LogP contribution in [0.25, 0.3) is 0 Å². The van der Waals surface area contributed by atoms with Crippen molar-refractivity contribution >= 4 is 40.0 Å². The number of thioether (sulfide) groups is 1. The summed E-state index contributed by atoms with van der Waals surface area (Å²) in [5, 5.41) is 12.0. The topological polar surface area (TPSA) is 86.1 Å². The van der Waals surface area contributed by atoms with Gasteiger partial charge in [0.25, 0.3) is 0 Å². The molecule has 0 spiro atoms. The number of carbonyl (C=O) groups is 2. The smallest absolute Gasteiger partial charge is 0.341 e. The maximum atomic E-state index is 12.5. The SMILES string of the molecule is CCOC(=O)c1c(NC(=O)CSc2nncn2C)sc2c1CC[C@@H](CC)C2. The van der Waals surface area contributed by atoms with E-state index in [9.17, 15) is 9.59 Å². The number of esters is 1. The third-order valence-electron chi connectivity index (χ3n) is 4.68. The maximum Gasteiger partial charge on any atom is 0.341 e. The van der Waals surface area contributed by atoms with Crippen molar-refractivity contribution in [2.24, 2.45) is 13.0 Å². The Morgan fingerprint density at radius 1 is 1.44 bits per heavy atom. The van der Waals surface area contributed by atoms with Gasteiger partial charge in [0.15, 0.2) is 5.16 Å². The lowest BCUT2D eigenvalue weighted by molar-refractivity contribution is -0.113. The fourth-order valence-corrected chi connectivity index (χ4v) is 5.26. The first kappa shape index (κ1) is 19.9. The van der Waals surface area contributed by atoms with Crippen LogP contribution in [-0.4, -0.2) is 39.0 Å². The summed E-state index contributed by atoms with van der Waals surface area (Å²) < 4.78 is 7.01. The van der Waals surface area contributed by atoms with E-state index in [0.717, 1.165) is 31.2 Å². The molecule has 0 saturated carbocycles. The minimum atomic E-state index is -0.346. The van der Waals surface area contributed by atoms with Gasteiger partial charge in [0.1, 0.15) is 11.3 Å². The standard InChI is InChI=1S/C18H24N4O3S2/c1-4-11-6-7-12-13(8-11)27-16(15(12)17(24)25-5-2)20-14(23)9-26-18-21-19-10-22(18)3/h10-11H,4-9H2,1-3H3,(H,20,23)/t11-/m1/s1. The van der Waals surface area contributed by atoms with E-state index in [-0.39, 0.29) is 17.6 Å². The molecule has 0 fully saturated rings. The van der Waals surface area contributed by atoms with Gasteiger partial charge in [0, 0.05) is 11.9 Å². The van der Waals surface area contributed by atoms with E-state index in [1.807, 2.05) is 7.05 Å². The molecule has 0 radical (unpaired) electrons. The van der Waals surface area contributed by atoms with E-state index >= 15 is 0 Å². The van der Waals surface area contributed by atoms with E-state index in [1.54, 1.807) is 17.8 Å². The fraction of sp³-hybridized carbons (Fsp3) is 0.556. The molecule has 2 aromatic rings. The highest BCUT2D eigenvalue weighted by molar-refractivity contribution is 7.99. The third-order valence-corrected chi connectivity index (χ3v) is 6.88. The number of anilines is 1. The molecule has 0 bridgehead atoms. The van der Waals surface area contributed by atoms with Crippen molar-refractivity contribution in [1.82, 2.24) is 14.8 Å². The molecule has 2 heterocycles. The zero-order valence-corrected chi connectivity index (χ0v) is 17.4. The number of ether oxygens (including phenoxy) is 1. The van der Waals surface area contributed by atoms with Gasteiger partial charge in [0.05, 0.1) is 17.9 Å². The number of nitrogens with one attached hydrogen (secondary N) is 1. The number of thiophene rings is 1. The van der Waals surface area contributed by atoms with Crippen molar-refractivity contribution in [3.63, 3.8) is 0 Å². The molecule has 0 saturated heterocycles. The molecule has 0 aliphatic heterocycles. The highest BCUT2D eigenvalue weighted by Crippen LogP contribution is 2.40. The van der Waals surface area contributed by atoms with Crippen molar-refractivity contribution in [1.29, 1.82) is 0 Å². The Morgan fingerprint density at radius 2 is 2.26 bits per heavy atom. The van der Waals surface area contributed by atoms with Gasteiger partial charge in [-0.1, -0.05) is 25.1 Å². The maximum absolute atomic E-state index is 12.5. The summed E-state index contributed by atoms with van der Waals surface area (Å²) in [7, 11) is 1.83. The Morgan fingerprint density at radius 3 is 2.93 bits per heavy atom. The molecule has 7 nitrogen and oxygen atoms in total. The summed E-state index contributed by atoms with van der Waals surface area (Å²) in [5.41, 5.74) is 1.60. The lowest BCUT2D eigenvalue weighted by atomic mass is 9.85. The highest BCUT2D eigenvalue weighted by Gasteiger charge is 2.29. The molecule has 146 valence electrons. The molecule has 0 unspecified atom stereocenters. The average molecular weight is 409 g/mol. The van der Waals surface area contributed by atoms with Crippen molar-refractivity contribution in [2.75, 3.05) is 17.7 Å². The van der Waals surface area contributed by atoms with Crippen LogP contribution >= 0.6 is 23.1 Å². The van der Waals surface area contributed by atoms with Crippen molar-refractivity contribution in [3.8, 4) is 0 Å². The van der Waals surface area contributed by atoms with Gasteiger partial charge in [-0.05, 0) is 37.7 Å². The molecule has 9 heteroatoms. The average Bonchev–Trinajstić information content (AvgIpc) is 3.22. The molecule has 1 atom stereocenters. The molecule has 27 heavy (non-hydrogen) atoms. The van der Waals surface area contributed by atoms with Crippen LogP contribution in [0.4, 0.5) is 5.00 Å². The molecule has 1 N–H and O–H groups in total. The van der Waals surface area contributed by atoms with Crippen LogP contribution in [0.1, 0.15) is 47.5 Å². The van der Waals surface area contributed by atoms with Gasteiger partial charge >= 0.3 is 5.97 Å². The normalized spacial score (nSPS) is 16.0. The van der Waals surface area contributed by atoms with Crippen LogP contribution in [0.3, 0.4) is 0 Å². The van der Waals surface area contributed by atoms with Crippen molar-refractivity contribution in [3.05, 3.63) is 22.3 Å². The van der Waals surface area contributed by atoms with Crippen LogP contribution in [0.15, 0.2) is 11.5 Å². The van der Waals surface area contributed by atoms with Gasteiger partial charge in [0.2, 0.25) is 5.91 Å². The molecular formula is C18H24N4O3S2. The number of aromatic nitrogens is 3. The summed E-state index contributed by atoms with van der Waals surface area (Å²) in [6, 6.07) is 0. The Kier molecular flexibility index (Phi) is 6.54. The first-order chi connectivity index (χ1) is 13.0. The minimum Gasteiger partial charge on any atom is -0.462 e. The van der Waals surface area contributed by atoms with Crippen LogP contribution in [0, 0.1) is 5.92 Å². The van der Waals surface area contributed by atoms with Gasteiger partial charge < -0.3 is 14.6 Å². The second-order valence-electron chi connectivity index (χ2n) is 6.51. The lowest BCUT2D eigenvalue weighted by Crippen LogP contribution is -2.18. The van der Waals surface area contributed by atoms with Crippen molar-refractivity contribution in [2.45, 2.75) is 44.7 Å². The van der Waals surface area contributed by atoms with E-state index in [1.165, 1.54) is 28.0 Å². The lowest BCUT2D eigenvalue weighted by Gasteiger charge is -2.20. The number of carbonyl (C=O) groups excluding carboxylic acids is 2. The summed E-state index contributed by atoms with van der Waals surface area (Å²) in [6.45, 7) is 4.30. The monoisotopic (exact) mass is 408 g/mol. The zero-order chi connectivity index (χ0) is 19.4. The Bertz CT molecular complexity index is 831. The minimum absolute atomic E-state index is 0.167. The van der Waals surface area contributed by atoms with Crippen LogP contribution in [0.5, 0.6) is 0 Å². The molecule has 1 amide bonds. The number of nitrogens with zero attached hydrogens (tertiary/aromatic N) is 3. The predicted octanol–water partition coefficient (Wildman–Crippen LogP) is 3.30. The number of hydrogen-bond donors (Lipinski definition) is 1. The molecule has 0 aromatic carbocycles. The molecule has 1 aliphatic carbocycles. The molecular weight excluding hydrogens is 384 g/mol. The summed E-state index contributed by atoms with van der Waals surface area (Å²) in [4.78, 5) is 26.2. The van der Waals surface area contributed by atoms with Crippen LogP contribution in [0.2, 0.25) is 0 Å². The van der Waals surface area contributed by atoms with E-state index in [2.05, 4.69) is 22.4 Å². The fourth-order valence-electron chi connectivity index (χ4n) is 3.21. The number of rotatable bonds is 7. The summed E-state index contributed by atoms with van der Waals surface area (Å²) in [5.74, 6) is 0.330. The Balaban J connectivity index is 1.77. The quantitative estimate of drug-likeness (QED) is 0.559. The Hall–Kier alpha value is -1.87. The molecule has 1 aliphatic rings. The van der Waals surface area contributed by atoms with Gasteiger partial charge in [-0.3, -0.25) is 4.79 Å². The van der Waals surface area contributed by atoms with Crippen LogP contribution < -0.4 is 5.32 Å². The number of amides is 1. The molecule has 3 rings (SSSR count). The zero-order valence-electron chi connectivity index (χ0n) is 15.8. The van der Waals surface area contributed by atoms with Gasteiger partial charge in [-0.15, -0.1) is 21.5 Å². The van der Waals surface area contributed by atoms with E-state index in [4.69, 9.17) is 4.74 Å². The van der Waals surface area contributed by atoms with E-state index < -0.39 is 0 Å². The van der Waals surface area contributed by atoms with Gasteiger partial charge in [-0.2, -0.15) is 0 Å². The van der Waals surface area contributed by atoms with Crippen molar-refractivity contribution < 1.29 is 14.3 Å². The summed E-state index contributed by atoms with van der Waals surface area (Å²) >= 11 is 2.83. The van der Waals surface area contributed by atoms with Gasteiger partial charge in [-0.25, -0.2) is 4.79 Å². The summed E-state index contributed by atoms with van der Waals surface area (Å²) in [6.07, 6.45) is 5.62. The third kappa shape index (κ3) is 4.52. The first-order valence-corrected chi connectivity index (χ1v) is 10.9. The number of hydrogen-bond acceptors (Lipinski definition) is 7. The highest BCUT2D eigenvalue weighted by atomic mass is 32.2. The van der Waals surface area contributed by atoms with Crippen LogP contribution in [-0.2, 0) is 29.4 Å². The predicted molar refractivity (Wildman–Crippen MR) is 106 cm³/mol. The largest absolute Gasteiger partial charge is 0.462 e.